The summed E-state index contributed by atoms with van der Waals surface area (Å²) < 4.78 is 40.7. The molecule has 1 aromatic rings. The van der Waals surface area contributed by atoms with Crippen LogP contribution in [-0.2, 0) is 27.9 Å². The molecular weight excluding hydrogens is 237 g/mol. The van der Waals surface area contributed by atoms with E-state index in [1.54, 1.807) is 6.92 Å². The predicted molar refractivity (Wildman–Crippen MR) is 54.2 cm³/mol. The lowest BCUT2D eigenvalue weighted by molar-refractivity contribution is 0.136. The van der Waals surface area contributed by atoms with Crippen molar-refractivity contribution in [1.29, 1.82) is 0 Å². The molecule has 1 heterocycles. The smallest absolute Gasteiger partial charge is 0.368 e. The number of aromatic nitrogens is 3. The molecule has 8 heteroatoms. The minimum absolute atomic E-state index is 0.225. The van der Waals surface area contributed by atoms with Gasteiger partial charge in [0.25, 0.3) is 5.16 Å². The van der Waals surface area contributed by atoms with Gasteiger partial charge in [-0.2, -0.15) is 8.42 Å². The van der Waals surface area contributed by atoms with Crippen molar-refractivity contribution in [2.75, 3.05) is 13.2 Å². The van der Waals surface area contributed by atoms with Gasteiger partial charge in [-0.3, -0.25) is 4.57 Å². The van der Waals surface area contributed by atoms with Crippen LogP contribution in [0.25, 0.3) is 0 Å². The highest BCUT2D eigenvalue weighted by atomic mass is 32.3. The minimum atomic E-state index is -4.83. The van der Waals surface area contributed by atoms with E-state index in [0.717, 1.165) is 0 Å². The first-order valence-electron chi connectivity index (χ1n) is 4.95. The molecule has 0 aliphatic carbocycles. The van der Waals surface area contributed by atoms with E-state index in [9.17, 15) is 12.3 Å². The molecule has 0 radical (unpaired) electrons. The van der Waals surface area contributed by atoms with Crippen LogP contribution in [0.2, 0.25) is 0 Å². The van der Waals surface area contributed by atoms with Gasteiger partial charge in [0.05, 0.1) is 13.2 Å². The molecule has 16 heavy (non-hydrogen) atoms. The molecule has 92 valence electrons. The third kappa shape index (κ3) is 2.99. The van der Waals surface area contributed by atoms with Gasteiger partial charge in [0.1, 0.15) is 5.82 Å². The number of nitrogens with zero attached hydrogens (tertiary/aromatic N) is 3. The Hall–Kier alpha value is -1.02. The van der Waals surface area contributed by atoms with Crippen molar-refractivity contribution in [3.05, 3.63) is 5.82 Å². The van der Waals surface area contributed by atoms with Gasteiger partial charge in [-0.1, -0.05) is 10.8 Å². The van der Waals surface area contributed by atoms with Crippen LogP contribution in [0.15, 0.2) is 5.16 Å². The second kappa shape index (κ2) is 5.35. The summed E-state index contributed by atoms with van der Waals surface area (Å²) in [5.41, 5.74) is 0. The fourth-order valence-electron chi connectivity index (χ4n) is 1.29. The van der Waals surface area contributed by atoms with Crippen LogP contribution in [-0.4, -0.2) is 36.4 Å². The van der Waals surface area contributed by atoms with Gasteiger partial charge in [0.2, 0.25) is 0 Å². The van der Waals surface area contributed by atoms with E-state index in [1.807, 2.05) is 6.92 Å². The normalized spacial score (nSPS) is 11.9. The SMILES string of the molecule is CCOCCn1c(CC)nnc1S(=O)(=O)F. The second-order valence-corrected chi connectivity index (χ2v) is 4.28. The van der Waals surface area contributed by atoms with Crippen LogP contribution in [0.1, 0.15) is 19.7 Å². The fraction of sp³-hybridized carbons (Fsp3) is 0.750. The van der Waals surface area contributed by atoms with E-state index < -0.39 is 15.4 Å². The first-order chi connectivity index (χ1) is 7.50. The summed E-state index contributed by atoms with van der Waals surface area (Å²) in [4.78, 5) is 0. The molecule has 0 amide bonds. The molecule has 0 N–H and O–H groups in total. The molecule has 0 atom stereocenters. The third-order valence-electron chi connectivity index (χ3n) is 1.99. The molecule has 0 aliphatic rings. The minimum Gasteiger partial charge on any atom is -0.380 e. The van der Waals surface area contributed by atoms with Crippen LogP contribution < -0.4 is 0 Å². The van der Waals surface area contributed by atoms with Gasteiger partial charge >= 0.3 is 10.2 Å². The molecule has 1 rings (SSSR count). The topological polar surface area (TPSA) is 74.1 Å². The number of rotatable bonds is 6. The van der Waals surface area contributed by atoms with Crippen molar-refractivity contribution in [2.24, 2.45) is 0 Å². The monoisotopic (exact) mass is 251 g/mol. The van der Waals surface area contributed by atoms with E-state index >= 15 is 0 Å². The van der Waals surface area contributed by atoms with Gasteiger partial charge in [0, 0.05) is 13.0 Å². The molecule has 0 spiro atoms. The lowest BCUT2D eigenvalue weighted by atomic mass is 10.4. The predicted octanol–water partition coefficient (Wildman–Crippen LogP) is 0.535. The van der Waals surface area contributed by atoms with Gasteiger partial charge in [-0.25, -0.2) is 0 Å². The van der Waals surface area contributed by atoms with Gasteiger partial charge in [0.15, 0.2) is 0 Å². The van der Waals surface area contributed by atoms with Crippen LogP contribution in [0, 0.1) is 0 Å². The van der Waals surface area contributed by atoms with E-state index in [1.165, 1.54) is 4.57 Å². The highest BCUT2D eigenvalue weighted by Gasteiger charge is 2.23. The Kier molecular flexibility index (Phi) is 4.36. The molecular formula is C8H14FN3O3S. The lowest BCUT2D eigenvalue weighted by Gasteiger charge is -2.06. The summed E-state index contributed by atoms with van der Waals surface area (Å²) in [5.74, 6) is 0.427. The number of ether oxygens (including phenoxy) is 1. The highest BCUT2D eigenvalue weighted by Crippen LogP contribution is 2.11. The zero-order valence-electron chi connectivity index (χ0n) is 9.18. The average molecular weight is 251 g/mol. The Morgan fingerprint density at radius 1 is 1.38 bits per heavy atom. The van der Waals surface area contributed by atoms with E-state index in [0.29, 0.717) is 25.5 Å². The summed E-state index contributed by atoms with van der Waals surface area (Å²) in [7, 11) is -4.83. The third-order valence-corrected chi connectivity index (χ3v) is 2.73. The van der Waals surface area contributed by atoms with Gasteiger partial charge < -0.3 is 4.74 Å². The second-order valence-electron chi connectivity index (χ2n) is 3.04. The molecule has 0 saturated carbocycles. The summed E-state index contributed by atoms with van der Waals surface area (Å²) in [5, 5.41) is 6.30. The molecule has 0 unspecified atom stereocenters. The molecule has 0 fully saturated rings. The van der Waals surface area contributed by atoms with Crippen molar-refractivity contribution >= 4 is 10.2 Å². The summed E-state index contributed by atoms with van der Waals surface area (Å²) in [6.45, 7) is 4.64. The first-order valence-corrected chi connectivity index (χ1v) is 6.33. The van der Waals surface area contributed by atoms with E-state index in [2.05, 4.69) is 10.2 Å². The van der Waals surface area contributed by atoms with Gasteiger partial charge in [-0.15, -0.1) is 10.2 Å². The summed E-state index contributed by atoms with van der Waals surface area (Å²) in [6.07, 6.45) is 0.481. The van der Waals surface area contributed by atoms with E-state index in [4.69, 9.17) is 4.74 Å². The number of hydrogen-bond acceptors (Lipinski definition) is 5. The number of hydrogen-bond donors (Lipinski definition) is 0. The van der Waals surface area contributed by atoms with Crippen molar-refractivity contribution in [2.45, 2.75) is 32.0 Å². The first kappa shape index (κ1) is 13.0. The van der Waals surface area contributed by atoms with Crippen molar-refractivity contribution in [3.63, 3.8) is 0 Å². The molecule has 1 aromatic heterocycles. The Labute approximate surface area is 93.6 Å². The quantitative estimate of drug-likeness (QED) is 0.545. The lowest BCUT2D eigenvalue weighted by Crippen LogP contribution is -2.13. The Bertz CT molecular complexity index is 443. The Morgan fingerprint density at radius 3 is 2.56 bits per heavy atom. The molecule has 0 saturated heterocycles. The number of halogens is 1. The fourth-order valence-corrected chi connectivity index (χ4v) is 1.88. The standard InChI is InChI=1S/C8H14FN3O3S/c1-3-7-10-11-8(16(9,13)14)12(7)5-6-15-4-2/h3-6H2,1-2H3. The molecule has 6 nitrogen and oxygen atoms in total. The summed E-state index contributed by atoms with van der Waals surface area (Å²) >= 11 is 0. The zero-order valence-corrected chi connectivity index (χ0v) is 10.00. The van der Waals surface area contributed by atoms with Crippen LogP contribution in [0.3, 0.4) is 0 Å². The Balaban J connectivity index is 2.97. The van der Waals surface area contributed by atoms with Crippen LogP contribution in [0.5, 0.6) is 0 Å². The maximum atomic E-state index is 12.8. The van der Waals surface area contributed by atoms with Crippen molar-refractivity contribution in [3.8, 4) is 0 Å². The van der Waals surface area contributed by atoms with Crippen LogP contribution >= 0.6 is 0 Å². The number of aryl methyl sites for hydroxylation is 1. The zero-order chi connectivity index (χ0) is 12.2. The van der Waals surface area contributed by atoms with Crippen LogP contribution in [0.4, 0.5) is 3.89 Å². The van der Waals surface area contributed by atoms with Gasteiger partial charge in [-0.05, 0) is 6.92 Å². The summed E-state index contributed by atoms with van der Waals surface area (Å²) in [6, 6.07) is 0. The van der Waals surface area contributed by atoms with Crippen molar-refractivity contribution < 1.29 is 17.0 Å². The maximum Gasteiger partial charge on any atom is 0.368 e. The molecule has 0 aromatic carbocycles. The highest BCUT2D eigenvalue weighted by molar-refractivity contribution is 7.86. The largest absolute Gasteiger partial charge is 0.380 e. The van der Waals surface area contributed by atoms with Crippen molar-refractivity contribution in [1.82, 2.24) is 14.8 Å². The maximum absolute atomic E-state index is 12.8. The average Bonchev–Trinajstić information content (AvgIpc) is 2.60. The molecule has 0 aliphatic heterocycles. The Morgan fingerprint density at radius 2 is 2.06 bits per heavy atom. The van der Waals surface area contributed by atoms with E-state index in [-0.39, 0.29) is 6.54 Å². The molecule has 0 bridgehead atoms.